The predicted molar refractivity (Wildman–Crippen MR) is 125 cm³/mol. The largest absolute Gasteiger partial charge is 0.573 e. The Morgan fingerprint density at radius 2 is 1.81 bits per heavy atom. The van der Waals surface area contributed by atoms with Gasteiger partial charge in [0, 0.05) is 18.9 Å². The van der Waals surface area contributed by atoms with Crippen molar-refractivity contribution in [2.24, 2.45) is 5.14 Å². The van der Waals surface area contributed by atoms with Crippen LogP contribution in [0.25, 0.3) is 11.1 Å². The number of benzene rings is 2. The lowest BCUT2D eigenvalue weighted by Crippen LogP contribution is -2.33. The standard InChI is InChI=1S/C24H25F5N4O3S/c1-3-19-21(37(30,34)35)9-8-20(15-4-6-18(7-5-15)36-24(27,28)29)22(19)16-10-17(12-23(25,26)11-16)33-13-31-32-14(33)2/h4-9,13,16-17H,3,10-12H2,1-2H3,(H2,30,34,35)/t16-,17+/m1/s1. The highest BCUT2D eigenvalue weighted by Crippen LogP contribution is 2.50. The molecule has 1 aliphatic carbocycles. The van der Waals surface area contributed by atoms with E-state index in [1.807, 2.05) is 0 Å². The minimum Gasteiger partial charge on any atom is -0.406 e. The third-order valence-corrected chi connectivity index (χ3v) is 7.56. The normalized spacial score (nSPS) is 20.1. The summed E-state index contributed by atoms with van der Waals surface area (Å²) in [7, 11) is -4.18. The molecule has 13 heteroatoms. The van der Waals surface area contributed by atoms with E-state index in [0.717, 1.165) is 12.1 Å². The first kappa shape index (κ1) is 27.0. The lowest BCUT2D eigenvalue weighted by molar-refractivity contribution is -0.274. The molecule has 1 aromatic heterocycles. The van der Waals surface area contributed by atoms with Gasteiger partial charge in [0.05, 0.1) is 4.90 Å². The first-order valence-electron chi connectivity index (χ1n) is 11.5. The minimum absolute atomic E-state index is 0.170. The molecular formula is C24H25F5N4O3S. The van der Waals surface area contributed by atoms with Crippen LogP contribution in [0.5, 0.6) is 5.75 Å². The summed E-state index contributed by atoms with van der Waals surface area (Å²) >= 11 is 0. The van der Waals surface area contributed by atoms with Gasteiger partial charge in [-0.2, -0.15) is 0 Å². The molecule has 2 aromatic carbocycles. The van der Waals surface area contributed by atoms with Crippen LogP contribution in [0.2, 0.25) is 0 Å². The van der Waals surface area contributed by atoms with Crippen molar-refractivity contribution < 1.29 is 35.1 Å². The van der Waals surface area contributed by atoms with E-state index in [2.05, 4.69) is 14.9 Å². The van der Waals surface area contributed by atoms with Gasteiger partial charge >= 0.3 is 6.36 Å². The van der Waals surface area contributed by atoms with Gasteiger partial charge < -0.3 is 9.30 Å². The van der Waals surface area contributed by atoms with Crippen LogP contribution in [0.3, 0.4) is 0 Å². The number of hydrogen-bond donors (Lipinski definition) is 1. The zero-order valence-corrected chi connectivity index (χ0v) is 20.8. The molecule has 2 N–H and O–H groups in total. The fourth-order valence-corrected chi connectivity index (χ4v) is 6.06. The Bertz CT molecular complexity index is 1390. The summed E-state index contributed by atoms with van der Waals surface area (Å²) in [6.07, 6.45) is -4.02. The highest BCUT2D eigenvalue weighted by Gasteiger charge is 2.44. The van der Waals surface area contributed by atoms with E-state index < -0.39 is 52.9 Å². The number of hydrogen-bond acceptors (Lipinski definition) is 5. The van der Waals surface area contributed by atoms with Crippen molar-refractivity contribution in [3.8, 4) is 16.9 Å². The maximum absolute atomic E-state index is 15.1. The maximum Gasteiger partial charge on any atom is 0.573 e. The summed E-state index contributed by atoms with van der Waals surface area (Å²) in [6, 6.07) is 7.09. The summed E-state index contributed by atoms with van der Waals surface area (Å²) in [4.78, 5) is -0.170. The molecule has 1 heterocycles. The molecule has 0 bridgehead atoms. The van der Waals surface area contributed by atoms with Gasteiger partial charge in [0.2, 0.25) is 10.0 Å². The van der Waals surface area contributed by atoms with Crippen LogP contribution in [0.1, 0.15) is 55.1 Å². The molecule has 7 nitrogen and oxygen atoms in total. The molecule has 37 heavy (non-hydrogen) atoms. The number of halogens is 5. The molecule has 3 aromatic rings. The van der Waals surface area contributed by atoms with Crippen molar-refractivity contribution >= 4 is 10.0 Å². The first-order chi connectivity index (χ1) is 17.2. The van der Waals surface area contributed by atoms with Crippen LogP contribution < -0.4 is 9.88 Å². The average Bonchev–Trinajstić information content (AvgIpc) is 3.21. The van der Waals surface area contributed by atoms with E-state index >= 15 is 8.78 Å². The summed E-state index contributed by atoms with van der Waals surface area (Å²) in [6.45, 7) is 3.35. The molecule has 0 radical (unpaired) electrons. The van der Waals surface area contributed by atoms with Crippen molar-refractivity contribution in [3.05, 3.63) is 59.7 Å². The van der Waals surface area contributed by atoms with Gasteiger partial charge in [-0.1, -0.05) is 25.1 Å². The molecular weight excluding hydrogens is 519 g/mol. The fraction of sp³-hybridized carbons (Fsp3) is 0.417. The Hall–Kier alpha value is -3.06. The number of rotatable bonds is 6. The maximum atomic E-state index is 15.1. The van der Waals surface area contributed by atoms with Gasteiger partial charge in [0.1, 0.15) is 17.9 Å². The van der Waals surface area contributed by atoms with Crippen molar-refractivity contribution in [2.45, 2.75) is 68.7 Å². The van der Waals surface area contributed by atoms with Crippen LogP contribution >= 0.6 is 0 Å². The highest BCUT2D eigenvalue weighted by atomic mass is 32.2. The van der Waals surface area contributed by atoms with Gasteiger partial charge in [-0.25, -0.2) is 22.3 Å². The Morgan fingerprint density at radius 1 is 1.14 bits per heavy atom. The topological polar surface area (TPSA) is 100 Å². The minimum atomic E-state index is -4.87. The first-order valence-corrected chi connectivity index (χ1v) is 13.0. The van der Waals surface area contributed by atoms with Crippen molar-refractivity contribution in [2.75, 3.05) is 0 Å². The Kier molecular flexibility index (Phi) is 7.06. The number of nitrogens with two attached hydrogens (primary N) is 1. The molecule has 0 spiro atoms. The monoisotopic (exact) mass is 544 g/mol. The van der Waals surface area contributed by atoms with Gasteiger partial charge in [-0.05, 0) is 66.1 Å². The summed E-state index contributed by atoms with van der Waals surface area (Å²) in [5.41, 5.74) is 1.54. The molecule has 2 atom stereocenters. The summed E-state index contributed by atoms with van der Waals surface area (Å²) < 4.78 is 98.3. The lowest BCUT2D eigenvalue weighted by atomic mass is 9.75. The van der Waals surface area contributed by atoms with E-state index in [1.54, 1.807) is 18.4 Å². The zero-order valence-electron chi connectivity index (χ0n) is 20.0. The quantitative estimate of drug-likeness (QED) is 0.413. The Morgan fingerprint density at radius 3 is 2.35 bits per heavy atom. The van der Waals surface area contributed by atoms with Crippen LogP contribution in [0, 0.1) is 6.92 Å². The van der Waals surface area contributed by atoms with Crippen LogP contribution in [0.4, 0.5) is 22.0 Å². The molecule has 1 fully saturated rings. The lowest BCUT2D eigenvalue weighted by Gasteiger charge is -2.37. The smallest absolute Gasteiger partial charge is 0.406 e. The second-order valence-corrected chi connectivity index (χ2v) is 10.6. The highest BCUT2D eigenvalue weighted by molar-refractivity contribution is 7.89. The second kappa shape index (κ2) is 9.67. The number of alkyl halides is 5. The molecule has 1 aliphatic rings. The van der Waals surface area contributed by atoms with E-state index in [9.17, 15) is 21.6 Å². The SMILES string of the molecule is CCc1c(S(N)(=O)=O)ccc(-c2ccc(OC(F)(F)F)cc2)c1[C@@H]1C[C@H](n2cnnc2C)CC(F)(F)C1. The van der Waals surface area contributed by atoms with Crippen molar-refractivity contribution in [1.29, 1.82) is 0 Å². The molecule has 4 rings (SSSR count). The van der Waals surface area contributed by atoms with Crippen LogP contribution in [0.15, 0.2) is 47.6 Å². The van der Waals surface area contributed by atoms with Gasteiger partial charge in [0.25, 0.3) is 5.92 Å². The van der Waals surface area contributed by atoms with E-state index in [0.29, 0.717) is 28.1 Å². The van der Waals surface area contributed by atoms with Gasteiger partial charge in [0.15, 0.2) is 0 Å². The number of nitrogens with zero attached hydrogens (tertiary/aromatic N) is 3. The van der Waals surface area contributed by atoms with Crippen molar-refractivity contribution in [1.82, 2.24) is 14.8 Å². The van der Waals surface area contributed by atoms with Gasteiger partial charge in [-0.3, -0.25) is 0 Å². The van der Waals surface area contributed by atoms with E-state index in [4.69, 9.17) is 5.14 Å². The zero-order chi connectivity index (χ0) is 27.2. The number of aryl methyl sites for hydroxylation is 1. The third kappa shape index (κ3) is 5.93. The summed E-state index contributed by atoms with van der Waals surface area (Å²) in [5, 5.41) is 13.2. The number of sulfonamides is 1. The fourth-order valence-electron chi connectivity index (χ4n) is 5.20. The van der Waals surface area contributed by atoms with Crippen LogP contribution in [-0.2, 0) is 16.4 Å². The third-order valence-electron chi connectivity index (χ3n) is 6.56. The average molecular weight is 545 g/mol. The molecule has 200 valence electrons. The Labute approximate surface area is 210 Å². The molecule has 1 saturated carbocycles. The Balaban J connectivity index is 1.87. The molecule has 0 aliphatic heterocycles. The van der Waals surface area contributed by atoms with Crippen molar-refractivity contribution in [3.63, 3.8) is 0 Å². The van der Waals surface area contributed by atoms with Gasteiger partial charge in [-0.15, -0.1) is 23.4 Å². The van der Waals surface area contributed by atoms with E-state index in [1.165, 1.54) is 30.6 Å². The molecule has 0 unspecified atom stereocenters. The number of ether oxygens (including phenoxy) is 1. The number of aromatic nitrogens is 3. The molecule has 0 amide bonds. The number of primary sulfonamides is 1. The van der Waals surface area contributed by atoms with E-state index in [-0.39, 0.29) is 17.7 Å². The summed E-state index contributed by atoms with van der Waals surface area (Å²) in [5.74, 6) is -3.83. The molecule has 0 saturated heterocycles. The van der Waals surface area contributed by atoms with Crippen LogP contribution in [-0.4, -0.2) is 35.5 Å². The second-order valence-electron chi connectivity index (χ2n) is 9.11. The predicted octanol–water partition coefficient (Wildman–Crippen LogP) is 5.51.